The highest BCUT2D eigenvalue weighted by Gasteiger charge is 2.43. The summed E-state index contributed by atoms with van der Waals surface area (Å²) in [6.07, 6.45) is 4.24. The number of benzene rings is 4. The van der Waals surface area contributed by atoms with E-state index >= 15 is 0 Å². The Hall–Kier alpha value is -5.65. The first-order valence-electron chi connectivity index (χ1n) is 23.2. The van der Waals surface area contributed by atoms with E-state index in [1.807, 2.05) is 36.4 Å². The standard InChI is InChI=1S/C53H69ClN2O14.2ClH/c1-55(19-15-34-26-41(59-3)43(61-5)30-37(34)40(55)23-33-24-45(63-7)51(67-11)46(25-33)64-8)17-13-22-70-53(58)39(54)32-49(57)69-21-14-18-56(2)20-16-35-27-42(60-4)44(62-6)31-38(35)50(56)36-28-47(65-9)52(68-12)48(29-36)66-10;;/h24-32,40,50H,13-23H2,1-12H3;2*1H/q+2;;/p-2/b39-32-;;/t40-,50+,55-,56+;;/m1../s1. The molecule has 2 aliphatic rings. The summed E-state index contributed by atoms with van der Waals surface area (Å²) in [6.45, 7) is 3.09. The normalized spacial score (nSPS) is 18.9. The van der Waals surface area contributed by atoms with E-state index in [0.717, 1.165) is 59.8 Å². The van der Waals surface area contributed by atoms with Crippen LogP contribution in [0.3, 0.4) is 0 Å². The van der Waals surface area contributed by atoms with Gasteiger partial charge in [-0.15, -0.1) is 0 Å². The quantitative estimate of drug-likeness (QED) is 0.0462. The molecule has 2 aliphatic heterocycles. The van der Waals surface area contributed by atoms with Crippen molar-refractivity contribution in [3.8, 4) is 57.5 Å². The number of fused-ring (bicyclic) bond motifs is 2. The number of hydrogen-bond acceptors (Lipinski definition) is 14. The molecule has 72 heavy (non-hydrogen) atoms. The molecule has 0 amide bonds. The number of esters is 2. The highest BCUT2D eigenvalue weighted by atomic mass is 35.5. The van der Waals surface area contributed by atoms with Gasteiger partial charge in [0.25, 0.3) is 0 Å². The minimum atomic E-state index is -0.804. The average Bonchev–Trinajstić information content (AvgIpc) is 3.37. The zero-order valence-electron chi connectivity index (χ0n) is 43.4. The molecule has 2 heterocycles. The summed E-state index contributed by atoms with van der Waals surface area (Å²) in [5.74, 6) is 4.29. The first-order chi connectivity index (χ1) is 33.7. The number of carbonyl (C=O) groups is 2. The predicted octanol–water partition coefficient (Wildman–Crippen LogP) is 1.85. The SMILES string of the molecule is COc1cc2c(cc1OC)[C@H](c1cc(OC)c(OC)c(OC)c1)[N@@+](C)(CCCOC(=O)/C=C(\Cl)C(=O)OCCC[N@+]1(C)CCc3cc(OC)c(OC)cc3[C@H]1Cc1cc(OC)c(OC)c(OC)c1)CC2.[Cl-].[Cl-]. The summed E-state index contributed by atoms with van der Waals surface area (Å²) in [7, 11) is 20.5. The number of halogens is 3. The maximum absolute atomic E-state index is 13.1. The van der Waals surface area contributed by atoms with Gasteiger partial charge in [0.15, 0.2) is 46.0 Å². The molecule has 4 aromatic rings. The van der Waals surface area contributed by atoms with Crippen LogP contribution in [0.25, 0.3) is 0 Å². The lowest BCUT2D eigenvalue weighted by Crippen LogP contribution is -3.00. The van der Waals surface area contributed by atoms with Gasteiger partial charge in [-0.3, -0.25) is 0 Å². The molecule has 0 aliphatic carbocycles. The number of quaternary nitrogens is 2. The second-order valence-electron chi connectivity index (χ2n) is 17.8. The Morgan fingerprint density at radius 2 is 0.958 bits per heavy atom. The van der Waals surface area contributed by atoms with Gasteiger partial charge in [-0.25, -0.2) is 9.59 Å². The molecule has 19 heteroatoms. The number of likely N-dealkylation sites (N-methyl/N-ethyl adjacent to an activating group) is 2. The van der Waals surface area contributed by atoms with E-state index in [0.29, 0.717) is 98.8 Å². The Bertz CT molecular complexity index is 2490. The van der Waals surface area contributed by atoms with Crippen LogP contribution < -0.4 is 72.2 Å². The maximum Gasteiger partial charge on any atom is 0.350 e. The van der Waals surface area contributed by atoms with Crippen LogP contribution in [-0.4, -0.2) is 145 Å². The molecule has 4 atom stereocenters. The molecule has 0 unspecified atom stereocenters. The van der Waals surface area contributed by atoms with Crippen molar-refractivity contribution < 1.29 is 100 Å². The molecule has 0 saturated carbocycles. The molecule has 0 aromatic heterocycles. The van der Waals surface area contributed by atoms with E-state index in [2.05, 4.69) is 26.2 Å². The van der Waals surface area contributed by atoms with Gasteiger partial charge in [0.2, 0.25) is 11.5 Å². The summed E-state index contributed by atoms with van der Waals surface area (Å²) in [5, 5.41) is -0.364. The Morgan fingerprint density at radius 1 is 0.542 bits per heavy atom. The fourth-order valence-corrected chi connectivity index (χ4v) is 10.3. The van der Waals surface area contributed by atoms with Gasteiger partial charge in [-0.05, 0) is 65.2 Å². The van der Waals surface area contributed by atoms with Gasteiger partial charge < -0.3 is 90.6 Å². The van der Waals surface area contributed by atoms with Crippen LogP contribution in [0.2, 0.25) is 0 Å². The topological polar surface area (TPSA) is 145 Å². The fourth-order valence-electron chi connectivity index (χ4n) is 10.2. The minimum Gasteiger partial charge on any atom is -1.00 e. The van der Waals surface area contributed by atoms with Crippen molar-refractivity contribution in [1.29, 1.82) is 0 Å². The monoisotopic (exact) mass is 1060 g/mol. The van der Waals surface area contributed by atoms with Crippen LogP contribution in [0, 0.1) is 0 Å². The largest absolute Gasteiger partial charge is 1.00 e. The summed E-state index contributed by atoms with van der Waals surface area (Å²) >= 11 is 6.36. The lowest BCUT2D eigenvalue weighted by Gasteiger charge is -2.46. The van der Waals surface area contributed by atoms with Crippen molar-refractivity contribution in [2.75, 3.05) is 125 Å². The minimum absolute atomic E-state index is 0. The average molecular weight is 1060 g/mol. The van der Waals surface area contributed by atoms with E-state index in [1.54, 1.807) is 71.1 Å². The summed E-state index contributed by atoms with van der Waals surface area (Å²) < 4.78 is 69.4. The number of rotatable bonds is 23. The van der Waals surface area contributed by atoms with Gasteiger partial charge >= 0.3 is 11.9 Å². The smallest absolute Gasteiger partial charge is 0.350 e. The summed E-state index contributed by atoms with van der Waals surface area (Å²) in [4.78, 5) is 26.1. The summed E-state index contributed by atoms with van der Waals surface area (Å²) in [6, 6.07) is 15.9. The second kappa shape index (κ2) is 26.3. The molecular formula is C53H69Cl3N2O14. The van der Waals surface area contributed by atoms with Crippen molar-refractivity contribution in [3.63, 3.8) is 0 Å². The molecular weight excluding hydrogens is 995 g/mol. The highest BCUT2D eigenvalue weighted by Crippen LogP contribution is 2.49. The van der Waals surface area contributed by atoms with Gasteiger partial charge in [0.1, 0.15) is 17.1 Å². The number of methoxy groups -OCH3 is 10. The third-order valence-corrected chi connectivity index (χ3v) is 14.1. The molecule has 0 radical (unpaired) electrons. The molecule has 0 N–H and O–H groups in total. The molecule has 16 nitrogen and oxygen atoms in total. The predicted molar refractivity (Wildman–Crippen MR) is 264 cm³/mol. The Balaban J connectivity index is 0.00000562. The second-order valence-corrected chi connectivity index (χ2v) is 18.2. The Labute approximate surface area is 441 Å². The van der Waals surface area contributed by atoms with Crippen LogP contribution in [0.15, 0.2) is 59.6 Å². The number of hydrogen-bond donors (Lipinski definition) is 0. The van der Waals surface area contributed by atoms with Crippen molar-refractivity contribution in [2.24, 2.45) is 0 Å². The molecule has 0 bridgehead atoms. The van der Waals surface area contributed by atoms with E-state index in [9.17, 15) is 9.59 Å². The maximum atomic E-state index is 13.1. The first-order valence-corrected chi connectivity index (χ1v) is 23.5. The van der Waals surface area contributed by atoms with Crippen molar-refractivity contribution >= 4 is 23.5 Å². The summed E-state index contributed by atoms with van der Waals surface area (Å²) in [5.41, 5.74) is 6.47. The van der Waals surface area contributed by atoms with Crippen molar-refractivity contribution in [2.45, 2.75) is 44.2 Å². The third-order valence-electron chi connectivity index (χ3n) is 13.8. The van der Waals surface area contributed by atoms with Gasteiger partial charge in [-0.2, -0.15) is 0 Å². The lowest BCUT2D eigenvalue weighted by atomic mass is 9.85. The highest BCUT2D eigenvalue weighted by molar-refractivity contribution is 6.42. The van der Waals surface area contributed by atoms with E-state index in [4.69, 9.17) is 68.4 Å². The lowest BCUT2D eigenvalue weighted by molar-refractivity contribution is -0.941. The molecule has 0 spiro atoms. The Morgan fingerprint density at radius 3 is 1.44 bits per heavy atom. The van der Waals surface area contributed by atoms with Crippen molar-refractivity contribution in [3.05, 3.63) is 93.0 Å². The zero-order valence-corrected chi connectivity index (χ0v) is 45.6. The Kier molecular flexibility index (Phi) is 21.6. The van der Waals surface area contributed by atoms with E-state index in [-0.39, 0.29) is 55.1 Å². The first kappa shape index (κ1) is 58.9. The van der Waals surface area contributed by atoms with Crippen LogP contribution in [0.1, 0.15) is 58.3 Å². The van der Waals surface area contributed by atoms with Gasteiger partial charge in [-0.1, -0.05) is 11.6 Å². The molecule has 396 valence electrons. The molecule has 6 rings (SSSR count). The molecule has 4 aromatic carbocycles. The van der Waals surface area contributed by atoms with E-state index in [1.165, 1.54) is 5.56 Å². The van der Waals surface area contributed by atoms with Crippen LogP contribution in [0.4, 0.5) is 0 Å². The molecule has 0 saturated heterocycles. The fraction of sp³-hybridized carbons (Fsp3) is 0.472. The van der Waals surface area contributed by atoms with Gasteiger partial charge in [0, 0.05) is 54.9 Å². The zero-order chi connectivity index (χ0) is 50.8. The van der Waals surface area contributed by atoms with Gasteiger partial charge in [0.05, 0.1) is 125 Å². The van der Waals surface area contributed by atoms with Crippen LogP contribution in [-0.2, 0) is 38.3 Å². The van der Waals surface area contributed by atoms with Crippen LogP contribution in [0.5, 0.6) is 57.5 Å². The number of carbonyl (C=O) groups excluding carboxylic acids is 2. The van der Waals surface area contributed by atoms with E-state index < -0.39 is 11.9 Å². The van der Waals surface area contributed by atoms with Crippen molar-refractivity contribution in [1.82, 2.24) is 0 Å². The number of ether oxygens (including phenoxy) is 12. The van der Waals surface area contributed by atoms with Crippen LogP contribution >= 0.6 is 11.6 Å². The third kappa shape index (κ3) is 12.7. The molecule has 0 fully saturated rings. The number of nitrogens with zero attached hydrogens (tertiary/aromatic N) is 2.